The van der Waals surface area contributed by atoms with Gasteiger partial charge in [-0.1, -0.05) is 17.7 Å². The second-order valence-electron chi connectivity index (χ2n) is 9.62. The number of fused-ring (bicyclic) bond motifs is 2. The van der Waals surface area contributed by atoms with Gasteiger partial charge in [-0.25, -0.2) is 15.0 Å². The molecule has 5 rings (SSSR count). The van der Waals surface area contributed by atoms with Crippen LogP contribution >= 0.6 is 11.6 Å². The van der Waals surface area contributed by atoms with Crippen LogP contribution in [0.25, 0.3) is 21.9 Å². The lowest BCUT2D eigenvalue weighted by Gasteiger charge is -2.26. The minimum Gasteiger partial charge on any atom is -0.489 e. The van der Waals surface area contributed by atoms with Crippen molar-refractivity contribution in [3.63, 3.8) is 0 Å². The fourth-order valence-corrected chi connectivity index (χ4v) is 4.56. The van der Waals surface area contributed by atoms with Crippen LogP contribution in [0.4, 0.5) is 5.82 Å². The van der Waals surface area contributed by atoms with E-state index in [0.29, 0.717) is 28.7 Å². The first-order valence-corrected chi connectivity index (χ1v) is 12.3. The monoisotopic (exact) mass is 524 g/mol. The van der Waals surface area contributed by atoms with Crippen LogP contribution in [0.1, 0.15) is 26.5 Å². The summed E-state index contributed by atoms with van der Waals surface area (Å²) < 4.78 is 20.4. The van der Waals surface area contributed by atoms with Crippen molar-refractivity contribution in [2.45, 2.75) is 44.5 Å². The number of hydrogen-bond acceptors (Lipinski definition) is 8. The van der Waals surface area contributed by atoms with Gasteiger partial charge in [-0.15, -0.1) is 0 Å². The Balaban J connectivity index is 1.39. The zero-order valence-corrected chi connectivity index (χ0v) is 21.8. The van der Waals surface area contributed by atoms with Gasteiger partial charge in [0.25, 0.3) is 0 Å². The molecule has 10 nitrogen and oxygen atoms in total. The van der Waals surface area contributed by atoms with Crippen LogP contribution in [0.3, 0.4) is 0 Å². The molecule has 37 heavy (non-hydrogen) atoms. The van der Waals surface area contributed by atoms with Crippen LogP contribution in [0.5, 0.6) is 5.75 Å². The SMILES string of the molecule is CN(C)/C=N/c1ncnc2c1ccn2C1CC(OC(C)(C)O)C(COc2cc3ncccc3cc2Cl)O1. The number of halogens is 1. The number of rotatable bonds is 8. The molecule has 3 unspecified atom stereocenters. The van der Waals surface area contributed by atoms with Crippen molar-refractivity contribution in [2.24, 2.45) is 4.99 Å². The summed E-state index contributed by atoms with van der Waals surface area (Å²) in [6, 6.07) is 9.35. The van der Waals surface area contributed by atoms with Crippen LogP contribution in [-0.4, -0.2) is 74.6 Å². The van der Waals surface area contributed by atoms with Crippen molar-refractivity contribution in [1.29, 1.82) is 0 Å². The van der Waals surface area contributed by atoms with E-state index in [-0.39, 0.29) is 6.61 Å². The summed E-state index contributed by atoms with van der Waals surface area (Å²) in [5.74, 6) is -0.274. The van der Waals surface area contributed by atoms with Gasteiger partial charge in [-0.05, 0) is 32.0 Å². The van der Waals surface area contributed by atoms with Crippen LogP contribution < -0.4 is 4.74 Å². The van der Waals surface area contributed by atoms with Crippen LogP contribution in [-0.2, 0) is 9.47 Å². The van der Waals surface area contributed by atoms with E-state index >= 15 is 0 Å². The maximum absolute atomic E-state index is 10.4. The molecule has 0 radical (unpaired) electrons. The molecule has 0 amide bonds. The molecule has 1 aromatic carbocycles. The highest BCUT2D eigenvalue weighted by molar-refractivity contribution is 6.32. The van der Waals surface area contributed by atoms with Gasteiger partial charge in [-0.3, -0.25) is 4.98 Å². The van der Waals surface area contributed by atoms with Gasteiger partial charge in [0.1, 0.15) is 36.7 Å². The van der Waals surface area contributed by atoms with Crippen molar-refractivity contribution in [1.82, 2.24) is 24.4 Å². The first-order chi connectivity index (χ1) is 17.7. The molecule has 0 aliphatic carbocycles. The Labute approximate surface area is 219 Å². The molecule has 0 bridgehead atoms. The standard InChI is InChI=1S/C26H29ClN6O4/c1-26(2,34)37-21-12-23(33-9-7-17-24(31-15-32(3)4)29-14-30-25(17)33)36-22(21)13-35-20-11-19-16(10-18(20)27)6-5-8-28-19/h5-11,14-15,21-23,34H,12-13H2,1-4H3/b31-15+. The summed E-state index contributed by atoms with van der Waals surface area (Å²) in [5, 5.41) is 12.6. The predicted molar refractivity (Wildman–Crippen MR) is 141 cm³/mol. The lowest BCUT2D eigenvalue weighted by atomic mass is 10.1. The molecule has 1 aliphatic heterocycles. The van der Waals surface area contributed by atoms with E-state index in [1.165, 1.54) is 6.33 Å². The number of nitrogens with zero attached hydrogens (tertiary/aromatic N) is 6. The third-order valence-electron chi connectivity index (χ3n) is 5.89. The second kappa shape index (κ2) is 10.2. The van der Waals surface area contributed by atoms with E-state index in [2.05, 4.69) is 19.9 Å². The molecule has 1 saturated heterocycles. The number of pyridine rings is 1. The number of benzene rings is 1. The Hall–Kier alpha value is -3.31. The fraction of sp³-hybridized carbons (Fsp3) is 0.385. The fourth-order valence-electron chi connectivity index (χ4n) is 4.33. The Kier molecular flexibility index (Phi) is 7.00. The largest absolute Gasteiger partial charge is 0.489 e. The Morgan fingerprint density at radius 3 is 2.89 bits per heavy atom. The molecule has 194 valence electrons. The van der Waals surface area contributed by atoms with Gasteiger partial charge in [0.15, 0.2) is 11.6 Å². The minimum absolute atomic E-state index is 0.169. The highest BCUT2D eigenvalue weighted by Gasteiger charge is 2.40. The Morgan fingerprint density at radius 1 is 1.27 bits per heavy atom. The smallest absolute Gasteiger partial charge is 0.166 e. The molecule has 4 heterocycles. The molecule has 3 atom stereocenters. The van der Waals surface area contributed by atoms with E-state index in [1.54, 1.807) is 26.4 Å². The van der Waals surface area contributed by atoms with E-state index in [0.717, 1.165) is 16.3 Å². The molecular formula is C26H29ClN6O4. The van der Waals surface area contributed by atoms with Crippen molar-refractivity contribution in [3.8, 4) is 5.75 Å². The summed E-state index contributed by atoms with van der Waals surface area (Å²) in [6.07, 6.45) is 5.97. The van der Waals surface area contributed by atoms with Gasteiger partial charge in [0.05, 0.1) is 28.4 Å². The summed E-state index contributed by atoms with van der Waals surface area (Å²) in [7, 11) is 3.79. The van der Waals surface area contributed by atoms with Crippen molar-refractivity contribution >= 4 is 45.7 Å². The molecule has 0 saturated carbocycles. The van der Waals surface area contributed by atoms with E-state index < -0.39 is 24.2 Å². The number of hydrogen-bond donors (Lipinski definition) is 1. The normalized spacial score (nSPS) is 20.3. The summed E-state index contributed by atoms with van der Waals surface area (Å²) in [5.41, 5.74) is 1.47. The molecule has 3 aromatic heterocycles. The first-order valence-electron chi connectivity index (χ1n) is 11.9. The highest BCUT2D eigenvalue weighted by atomic mass is 35.5. The molecule has 1 N–H and O–H groups in total. The maximum Gasteiger partial charge on any atom is 0.166 e. The molecular weight excluding hydrogens is 496 g/mol. The summed E-state index contributed by atoms with van der Waals surface area (Å²) >= 11 is 6.47. The van der Waals surface area contributed by atoms with E-state index in [4.69, 9.17) is 25.8 Å². The minimum atomic E-state index is -1.35. The quantitative estimate of drug-likeness (QED) is 0.206. The summed E-state index contributed by atoms with van der Waals surface area (Å²) in [6.45, 7) is 3.36. The average molecular weight is 525 g/mol. The first kappa shape index (κ1) is 25.3. The Bertz CT molecular complexity index is 1430. The molecule has 11 heteroatoms. The number of ether oxygens (including phenoxy) is 3. The second-order valence-corrected chi connectivity index (χ2v) is 10.0. The molecule has 4 aromatic rings. The number of aliphatic imine (C=N–C) groups is 1. The van der Waals surface area contributed by atoms with Gasteiger partial charge in [0, 0.05) is 44.4 Å². The van der Waals surface area contributed by atoms with Gasteiger partial charge >= 0.3 is 0 Å². The van der Waals surface area contributed by atoms with Crippen LogP contribution in [0.2, 0.25) is 5.02 Å². The third kappa shape index (κ3) is 5.67. The van der Waals surface area contributed by atoms with Crippen LogP contribution in [0, 0.1) is 0 Å². The van der Waals surface area contributed by atoms with Gasteiger partial charge in [0.2, 0.25) is 0 Å². The zero-order chi connectivity index (χ0) is 26.2. The molecule has 0 spiro atoms. The maximum atomic E-state index is 10.4. The van der Waals surface area contributed by atoms with Crippen molar-refractivity contribution < 1.29 is 19.3 Å². The van der Waals surface area contributed by atoms with Crippen molar-refractivity contribution in [2.75, 3.05) is 20.7 Å². The van der Waals surface area contributed by atoms with Crippen molar-refractivity contribution in [3.05, 3.63) is 54.1 Å². The third-order valence-corrected chi connectivity index (χ3v) is 6.18. The lowest BCUT2D eigenvalue weighted by Crippen LogP contribution is -2.37. The zero-order valence-electron chi connectivity index (χ0n) is 21.1. The Morgan fingerprint density at radius 2 is 2.11 bits per heavy atom. The van der Waals surface area contributed by atoms with Gasteiger partial charge in [-0.2, -0.15) is 0 Å². The van der Waals surface area contributed by atoms with E-state index in [9.17, 15) is 5.11 Å². The average Bonchev–Trinajstić information content (AvgIpc) is 3.44. The highest BCUT2D eigenvalue weighted by Crippen LogP contribution is 2.37. The molecule has 1 fully saturated rings. The number of aliphatic hydroxyl groups is 1. The number of aromatic nitrogens is 4. The summed E-state index contributed by atoms with van der Waals surface area (Å²) in [4.78, 5) is 19.4. The lowest BCUT2D eigenvalue weighted by molar-refractivity contribution is -0.216. The van der Waals surface area contributed by atoms with Gasteiger partial charge < -0.3 is 28.8 Å². The topological polar surface area (TPSA) is 107 Å². The predicted octanol–water partition coefficient (Wildman–Crippen LogP) is 4.33. The van der Waals surface area contributed by atoms with Crippen LogP contribution in [0.15, 0.2) is 54.0 Å². The molecule has 1 aliphatic rings. The van der Waals surface area contributed by atoms with E-state index in [1.807, 2.05) is 60.1 Å².